The van der Waals surface area contributed by atoms with E-state index in [0.717, 1.165) is 43.1 Å². The Kier molecular flexibility index (Phi) is 7.75. The molecule has 1 heterocycles. The van der Waals surface area contributed by atoms with Crippen LogP contribution in [0.4, 0.5) is 8.78 Å². The fourth-order valence-corrected chi connectivity index (χ4v) is 6.80. The first-order valence-electron chi connectivity index (χ1n) is 13.2. The molecule has 3 fully saturated rings. The number of esters is 1. The highest BCUT2D eigenvalue weighted by Gasteiger charge is 2.55. The second-order valence-corrected chi connectivity index (χ2v) is 11.6. The van der Waals surface area contributed by atoms with Gasteiger partial charge in [-0.2, -0.15) is 0 Å². The number of nitrogens with zero attached hydrogens (tertiary/aromatic N) is 2. The van der Waals surface area contributed by atoms with Crippen LogP contribution < -0.4 is 0 Å². The number of rotatable bonds is 6. The summed E-state index contributed by atoms with van der Waals surface area (Å²) in [6, 6.07) is 11.8. The van der Waals surface area contributed by atoms with Crippen molar-refractivity contribution >= 4 is 29.5 Å². The highest BCUT2D eigenvalue weighted by molar-refractivity contribution is 7.98. The van der Waals surface area contributed by atoms with E-state index in [0.29, 0.717) is 26.1 Å². The first kappa shape index (κ1) is 26.7. The minimum absolute atomic E-state index is 0.0518. The number of methoxy groups -OCH3 is 1. The predicted octanol–water partition coefficient (Wildman–Crippen LogP) is 5.05. The summed E-state index contributed by atoms with van der Waals surface area (Å²) in [7, 11) is 1.38. The van der Waals surface area contributed by atoms with Crippen LogP contribution in [0, 0.1) is 23.5 Å². The number of amides is 2. The van der Waals surface area contributed by atoms with Gasteiger partial charge in [0.25, 0.3) is 5.91 Å². The van der Waals surface area contributed by atoms with Crippen LogP contribution in [0.2, 0.25) is 0 Å². The van der Waals surface area contributed by atoms with Crippen molar-refractivity contribution in [2.75, 3.05) is 26.7 Å². The zero-order valence-corrected chi connectivity index (χ0v) is 22.3. The molecule has 0 N–H and O–H groups in total. The SMILES string of the molecule is COC(=O)C1CCCC(C(=O)N2CCN(C(=O)c3ccc(F)c(F)c3CSc3ccccc3)CC23CC3)C1. The highest BCUT2D eigenvalue weighted by atomic mass is 32.2. The summed E-state index contributed by atoms with van der Waals surface area (Å²) >= 11 is 1.35. The maximum atomic E-state index is 14.9. The van der Waals surface area contributed by atoms with Crippen LogP contribution in [0.25, 0.3) is 0 Å². The van der Waals surface area contributed by atoms with E-state index in [2.05, 4.69) is 0 Å². The summed E-state index contributed by atoms with van der Waals surface area (Å²) in [6.07, 6.45) is 4.38. The van der Waals surface area contributed by atoms with E-state index in [1.54, 1.807) is 4.90 Å². The number of piperazine rings is 1. The van der Waals surface area contributed by atoms with Crippen molar-refractivity contribution in [3.63, 3.8) is 0 Å². The summed E-state index contributed by atoms with van der Waals surface area (Å²) in [5, 5.41) is 0. The molecule has 202 valence electrons. The van der Waals surface area contributed by atoms with Gasteiger partial charge in [0.05, 0.1) is 18.6 Å². The number of halogens is 2. The molecule has 2 aromatic rings. The van der Waals surface area contributed by atoms with Crippen molar-refractivity contribution < 1.29 is 27.9 Å². The number of hydrogen-bond acceptors (Lipinski definition) is 5. The highest BCUT2D eigenvalue weighted by Crippen LogP contribution is 2.46. The quantitative estimate of drug-likeness (QED) is 0.378. The largest absolute Gasteiger partial charge is 0.469 e. The molecule has 2 amide bonds. The average Bonchev–Trinajstić information content (AvgIpc) is 3.72. The standard InChI is InChI=1S/C29H32F2N2O4S/c1-37-28(36)20-7-5-6-19(16-20)26(34)33-15-14-32(18-29(33)12-13-29)27(35)22-10-11-24(30)25(31)23(22)17-38-21-8-3-2-4-9-21/h2-4,8-11,19-20H,5-7,12-18H2,1H3. The summed E-state index contributed by atoms with van der Waals surface area (Å²) in [5.41, 5.74) is -0.194. The van der Waals surface area contributed by atoms with E-state index in [1.165, 1.54) is 24.9 Å². The van der Waals surface area contributed by atoms with E-state index >= 15 is 0 Å². The Morgan fingerprint density at radius 1 is 1.03 bits per heavy atom. The van der Waals surface area contributed by atoms with E-state index in [-0.39, 0.29) is 46.5 Å². The molecule has 2 atom stereocenters. The van der Waals surface area contributed by atoms with Gasteiger partial charge in [-0.15, -0.1) is 11.8 Å². The van der Waals surface area contributed by atoms with Crippen molar-refractivity contribution in [1.29, 1.82) is 0 Å². The van der Waals surface area contributed by atoms with Gasteiger partial charge in [-0.25, -0.2) is 8.78 Å². The molecule has 3 aliphatic rings. The zero-order chi connectivity index (χ0) is 26.9. The third-order valence-electron chi connectivity index (χ3n) is 8.14. The van der Waals surface area contributed by atoms with E-state index in [4.69, 9.17) is 4.74 Å². The summed E-state index contributed by atoms with van der Waals surface area (Å²) < 4.78 is 34.0. The third kappa shape index (κ3) is 5.30. The van der Waals surface area contributed by atoms with Crippen LogP contribution in [-0.4, -0.2) is 59.9 Å². The molecule has 9 heteroatoms. The Morgan fingerprint density at radius 3 is 2.47 bits per heavy atom. The molecule has 5 rings (SSSR count). The van der Waals surface area contributed by atoms with Gasteiger partial charge in [-0.05, 0) is 56.4 Å². The Balaban J connectivity index is 1.29. The molecular formula is C29H32F2N2O4S. The van der Waals surface area contributed by atoms with Gasteiger partial charge in [0, 0.05) is 47.3 Å². The molecule has 1 saturated heterocycles. The zero-order valence-electron chi connectivity index (χ0n) is 21.5. The number of thioether (sulfide) groups is 1. The Labute approximate surface area is 225 Å². The normalized spacial score (nSPS) is 22.3. The third-order valence-corrected chi connectivity index (χ3v) is 9.18. The molecule has 2 aliphatic carbocycles. The first-order valence-corrected chi connectivity index (χ1v) is 14.1. The number of benzene rings is 2. The fraction of sp³-hybridized carbons (Fsp3) is 0.483. The molecule has 0 radical (unpaired) electrons. The Bertz CT molecular complexity index is 1220. The summed E-state index contributed by atoms with van der Waals surface area (Å²) in [5.74, 6) is -2.86. The molecular weight excluding hydrogens is 510 g/mol. The van der Waals surface area contributed by atoms with Crippen molar-refractivity contribution in [3.05, 3.63) is 65.2 Å². The van der Waals surface area contributed by atoms with Crippen LogP contribution in [0.1, 0.15) is 54.4 Å². The number of carbonyl (C=O) groups is 3. The van der Waals surface area contributed by atoms with Gasteiger partial charge in [0.2, 0.25) is 5.91 Å². The van der Waals surface area contributed by atoms with Gasteiger partial charge in [0.15, 0.2) is 11.6 Å². The molecule has 0 aromatic heterocycles. The lowest BCUT2D eigenvalue weighted by Gasteiger charge is -2.44. The number of carbonyl (C=O) groups excluding carboxylic acids is 3. The van der Waals surface area contributed by atoms with Gasteiger partial charge < -0.3 is 14.5 Å². The maximum Gasteiger partial charge on any atom is 0.308 e. The molecule has 38 heavy (non-hydrogen) atoms. The Hall–Kier alpha value is -2.94. The topological polar surface area (TPSA) is 66.9 Å². The molecule has 2 aromatic carbocycles. The first-order chi connectivity index (χ1) is 18.3. The van der Waals surface area contributed by atoms with Crippen molar-refractivity contribution in [2.45, 2.75) is 54.7 Å². The maximum absolute atomic E-state index is 14.9. The average molecular weight is 543 g/mol. The molecule has 6 nitrogen and oxygen atoms in total. The van der Waals surface area contributed by atoms with Gasteiger partial charge in [-0.1, -0.05) is 24.6 Å². The Morgan fingerprint density at radius 2 is 1.76 bits per heavy atom. The van der Waals surface area contributed by atoms with E-state index in [1.807, 2.05) is 35.2 Å². The van der Waals surface area contributed by atoms with E-state index in [9.17, 15) is 23.2 Å². The number of hydrogen-bond donors (Lipinski definition) is 0. The lowest BCUT2D eigenvalue weighted by atomic mass is 9.80. The van der Waals surface area contributed by atoms with Gasteiger partial charge in [0.1, 0.15) is 0 Å². The molecule has 1 spiro atoms. The minimum Gasteiger partial charge on any atom is -0.469 e. The lowest BCUT2D eigenvalue weighted by Crippen LogP contribution is -2.59. The molecule has 2 saturated carbocycles. The van der Waals surface area contributed by atoms with Crippen LogP contribution in [0.5, 0.6) is 0 Å². The molecule has 1 aliphatic heterocycles. The fourth-order valence-electron chi connectivity index (χ4n) is 5.86. The number of ether oxygens (including phenoxy) is 1. The summed E-state index contributed by atoms with van der Waals surface area (Å²) in [4.78, 5) is 43.7. The molecule has 2 unspecified atom stereocenters. The monoisotopic (exact) mass is 542 g/mol. The van der Waals surface area contributed by atoms with Crippen LogP contribution in [0.3, 0.4) is 0 Å². The van der Waals surface area contributed by atoms with Crippen molar-refractivity contribution in [2.24, 2.45) is 11.8 Å². The van der Waals surface area contributed by atoms with Gasteiger partial charge in [-0.3, -0.25) is 14.4 Å². The second-order valence-electron chi connectivity index (χ2n) is 10.5. The predicted molar refractivity (Wildman–Crippen MR) is 139 cm³/mol. The lowest BCUT2D eigenvalue weighted by molar-refractivity contribution is -0.150. The van der Waals surface area contributed by atoms with Crippen molar-refractivity contribution in [1.82, 2.24) is 9.80 Å². The van der Waals surface area contributed by atoms with Crippen LogP contribution in [-0.2, 0) is 20.1 Å². The van der Waals surface area contributed by atoms with Gasteiger partial charge >= 0.3 is 5.97 Å². The van der Waals surface area contributed by atoms with Crippen molar-refractivity contribution in [3.8, 4) is 0 Å². The molecule has 0 bridgehead atoms. The van der Waals surface area contributed by atoms with Crippen LogP contribution in [0.15, 0.2) is 47.4 Å². The second kappa shape index (κ2) is 11.0. The summed E-state index contributed by atoms with van der Waals surface area (Å²) in [6.45, 7) is 1.08. The minimum atomic E-state index is -0.994. The smallest absolute Gasteiger partial charge is 0.308 e. The van der Waals surface area contributed by atoms with E-state index < -0.39 is 17.2 Å². The van der Waals surface area contributed by atoms with Crippen LogP contribution >= 0.6 is 11.8 Å².